The molecule has 0 radical (unpaired) electrons. The van der Waals surface area contributed by atoms with Crippen LogP contribution in [0.15, 0.2) is 0 Å². The summed E-state index contributed by atoms with van der Waals surface area (Å²) in [7, 11) is 0. The lowest BCUT2D eigenvalue weighted by atomic mass is 9.86. The highest BCUT2D eigenvalue weighted by Gasteiger charge is 2.36. The lowest BCUT2D eigenvalue weighted by Gasteiger charge is -2.42. The number of rotatable bonds is 0. The molecule has 0 aliphatic carbocycles. The van der Waals surface area contributed by atoms with Gasteiger partial charge in [-0.2, -0.15) is 0 Å². The Hall–Kier alpha value is -0.0800. The fourth-order valence-electron chi connectivity index (χ4n) is 2.47. The van der Waals surface area contributed by atoms with Gasteiger partial charge < -0.3 is 4.74 Å². The summed E-state index contributed by atoms with van der Waals surface area (Å²) in [6, 6.07) is 0. The van der Waals surface area contributed by atoms with E-state index in [2.05, 4.69) is 25.7 Å². The first-order chi connectivity index (χ1) is 6.07. The van der Waals surface area contributed by atoms with E-state index in [1.165, 1.54) is 19.5 Å². The quantitative estimate of drug-likeness (QED) is 0.567. The van der Waals surface area contributed by atoms with E-state index < -0.39 is 0 Å². The van der Waals surface area contributed by atoms with E-state index >= 15 is 0 Å². The molecule has 2 saturated heterocycles. The molecule has 0 aromatic rings. The summed E-state index contributed by atoms with van der Waals surface area (Å²) in [5.41, 5.74) is 0.341. The molecule has 13 heavy (non-hydrogen) atoms. The van der Waals surface area contributed by atoms with Crippen LogP contribution in [-0.2, 0) is 4.74 Å². The smallest absolute Gasteiger partial charge is 0.0510 e. The second kappa shape index (κ2) is 3.25. The van der Waals surface area contributed by atoms with Crippen molar-refractivity contribution < 1.29 is 4.74 Å². The van der Waals surface area contributed by atoms with Gasteiger partial charge in [0.15, 0.2) is 0 Å². The third-order valence-electron chi connectivity index (χ3n) is 3.50. The molecule has 2 heterocycles. The molecule has 0 aromatic carbocycles. The third kappa shape index (κ3) is 1.89. The van der Waals surface area contributed by atoms with Crippen LogP contribution in [-0.4, -0.2) is 36.7 Å². The summed E-state index contributed by atoms with van der Waals surface area (Å²) < 4.78 is 5.53. The van der Waals surface area contributed by atoms with Crippen molar-refractivity contribution in [3.05, 3.63) is 0 Å². The van der Waals surface area contributed by atoms with Gasteiger partial charge in [0.2, 0.25) is 0 Å². The molecule has 76 valence electrons. The highest BCUT2D eigenvalue weighted by molar-refractivity contribution is 4.88. The maximum atomic E-state index is 5.53. The first kappa shape index (κ1) is 9.47. The fourth-order valence-corrected chi connectivity index (χ4v) is 2.47. The average Bonchev–Trinajstić information content (AvgIpc) is 2.47. The SMILES string of the molecule is CC(C)(C)N1CCC2COCC2C1. The molecule has 2 aliphatic heterocycles. The Balaban J connectivity index is 1.97. The monoisotopic (exact) mass is 183 g/mol. The molecular weight excluding hydrogens is 162 g/mol. The molecule has 0 N–H and O–H groups in total. The minimum absolute atomic E-state index is 0.341. The van der Waals surface area contributed by atoms with Gasteiger partial charge in [-0.25, -0.2) is 0 Å². The first-order valence-corrected chi connectivity index (χ1v) is 5.40. The molecule has 2 rings (SSSR count). The van der Waals surface area contributed by atoms with E-state index in [4.69, 9.17) is 4.74 Å². The van der Waals surface area contributed by atoms with Gasteiger partial charge in [-0.1, -0.05) is 0 Å². The van der Waals surface area contributed by atoms with Crippen LogP contribution in [0.25, 0.3) is 0 Å². The predicted molar refractivity (Wildman–Crippen MR) is 53.7 cm³/mol. The second-order valence-electron chi connectivity index (χ2n) is 5.46. The summed E-state index contributed by atoms with van der Waals surface area (Å²) in [6.07, 6.45) is 1.34. The van der Waals surface area contributed by atoms with Crippen LogP contribution >= 0.6 is 0 Å². The Morgan fingerprint density at radius 2 is 1.85 bits per heavy atom. The molecule has 2 atom stereocenters. The van der Waals surface area contributed by atoms with Crippen molar-refractivity contribution in [2.75, 3.05) is 26.3 Å². The van der Waals surface area contributed by atoms with Gasteiger partial charge in [0.05, 0.1) is 6.61 Å². The van der Waals surface area contributed by atoms with Crippen LogP contribution < -0.4 is 0 Å². The van der Waals surface area contributed by atoms with Crippen molar-refractivity contribution in [1.82, 2.24) is 4.90 Å². The molecular formula is C11H21NO. The highest BCUT2D eigenvalue weighted by Crippen LogP contribution is 2.32. The van der Waals surface area contributed by atoms with E-state index in [1.807, 2.05) is 0 Å². The number of likely N-dealkylation sites (tertiary alicyclic amines) is 1. The summed E-state index contributed by atoms with van der Waals surface area (Å²) in [4.78, 5) is 2.60. The molecule has 2 heteroatoms. The van der Waals surface area contributed by atoms with Gasteiger partial charge in [0, 0.05) is 24.6 Å². The number of nitrogens with zero attached hydrogens (tertiary/aromatic N) is 1. The van der Waals surface area contributed by atoms with Crippen LogP contribution in [0.1, 0.15) is 27.2 Å². The summed E-state index contributed by atoms with van der Waals surface area (Å²) in [5.74, 6) is 1.67. The normalized spacial score (nSPS) is 36.2. The Bertz CT molecular complexity index is 185. The number of fused-ring (bicyclic) bond motifs is 1. The van der Waals surface area contributed by atoms with Gasteiger partial charge in [-0.05, 0) is 39.7 Å². The summed E-state index contributed by atoms with van der Waals surface area (Å²) in [6.45, 7) is 11.4. The molecule has 2 fully saturated rings. The lowest BCUT2D eigenvalue weighted by Crippen LogP contribution is -2.49. The largest absolute Gasteiger partial charge is 0.381 e. The van der Waals surface area contributed by atoms with Crippen LogP contribution in [0.3, 0.4) is 0 Å². The summed E-state index contributed by atoms with van der Waals surface area (Å²) in [5, 5.41) is 0. The molecule has 0 aromatic heterocycles. The van der Waals surface area contributed by atoms with Gasteiger partial charge >= 0.3 is 0 Å². The topological polar surface area (TPSA) is 12.5 Å². The first-order valence-electron chi connectivity index (χ1n) is 5.40. The zero-order valence-corrected chi connectivity index (χ0v) is 9.05. The maximum Gasteiger partial charge on any atom is 0.0510 e. The van der Waals surface area contributed by atoms with Gasteiger partial charge in [0.1, 0.15) is 0 Å². The van der Waals surface area contributed by atoms with Crippen LogP contribution in [0.5, 0.6) is 0 Å². The van der Waals surface area contributed by atoms with E-state index in [1.54, 1.807) is 0 Å². The molecule has 2 unspecified atom stereocenters. The van der Waals surface area contributed by atoms with E-state index in [-0.39, 0.29) is 0 Å². The summed E-state index contributed by atoms with van der Waals surface area (Å²) >= 11 is 0. The Kier molecular flexibility index (Phi) is 2.37. The van der Waals surface area contributed by atoms with E-state index in [0.29, 0.717) is 5.54 Å². The van der Waals surface area contributed by atoms with Crippen molar-refractivity contribution in [3.8, 4) is 0 Å². The van der Waals surface area contributed by atoms with Crippen molar-refractivity contribution in [3.63, 3.8) is 0 Å². The van der Waals surface area contributed by atoms with E-state index in [9.17, 15) is 0 Å². The molecule has 2 nitrogen and oxygen atoms in total. The van der Waals surface area contributed by atoms with Crippen molar-refractivity contribution in [1.29, 1.82) is 0 Å². The van der Waals surface area contributed by atoms with Crippen LogP contribution in [0.2, 0.25) is 0 Å². The lowest BCUT2D eigenvalue weighted by molar-refractivity contribution is 0.0637. The Labute approximate surface area is 81.3 Å². The van der Waals surface area contributed by atoms with Gasteiger partial charge in [0.25, 0.3) is 0 Å². The number of hydrogen-bond donors (Lipinski definition) is 0. The Morgan fingerprint density at radius 1 is 1.15 bits per heavy atom. The molecule has 0 saturated carbocycles. The van der Waals surface area contributed by atoms with Crippen molar-refractivity contribution in [2.24, 2.45) is 11.8 Å². The minimum Gasteiger partial charge on any atom is -0.381 e. The fraction of sp³-hybridized carbons (Fsp3) is 1.00. The van der Waals surface area contributed by atoms with Gasteiger partial charge in [-0.3, -0.25) is 4.90 Å². The molecule has 2 aliphatic rings. The molecule has 0 amide bonds. The highest BCUT2D eigenvalue weighted by atomic mass is 16.5. The average molecular weight is 183 g/mol. The maximum absolute atomic E-state index is 5.53. The van der Waals surface area contributed by atoms with E-state index in [0.717, 1.165) is 25.0 Å². The number of ether oxygens (including phenoxy) is 1. The van der Waals surface area contributed by atoms with Gasteiger partial charge in [-0.15, -0.1) is 0 Å². The third-order valence-corrected chi connectivity index (χ3v) is 3.50. The molecule has 0 bridgehead atoms. The van der Waals surface area contributed by atoms with Crippen molar-refractivity contribution >= 4 is 0 Å². The standard InChI is InChI=1S/C11H21NO/c1-11(2,3)12-5-4-9-7-13-8-10(9)6-12/h9-10H,4-8H2,1-3H3. The predicted octanol–water partition coefficient (Wildman–Crippen LogP) is 1.75. The van der Waals surface area contributed by atoms with Crippen LogP contribution in [0.4, 0.5) is 0 Å². The second-order valence-corrected chi connectivity index (χ2v) is 5.46. The molecule has 0 spiro atoms. The number of hydrogen-bond acceptors (Lipinski definition) is 2. The van der Waals surface area contributed by atoms with Crippen molar-refractivity contribution in [2.45, 2.75) is 32.7 Å². The Morgan fingerprint density at radius 3 is 2.54 bits per heavy atom. The zero-order valence-electron chi connectivity index (χ0n) is 9.05. The minimum atomic E-state index is 0.341. The zero-order chi connectivity index (χ0) is 9.47. The van der Waals surface area contributed by atoms with Crippen LogP contribution in [0, 0.1) is 11.8 Å². The number of piperidine rings is 1.